The number of rotatable bonds is 2. The van der Waals surface area contributed by atoms with Gasteiger partial charge in [0.2, 0.25) is 0 Å². The normalized spacial score (nSPS) is 21.5. The Hall–Kier alpha value is -0.140. The molecule has 4 nitrogen and oxygen atoms in total. The predicted molar refractivity (Wildman–Crippen MR) is 86.5 cm³/mol. The fraction of sp³-hybridized carbons (Fsp3) is 0.692. The molecule has 0 radical (unpaired) electrons. The van der Waals surface area contributed by atoms with E-state index in [9.17, 15) is 8.42 Å². The Morgan fingerprint density at radius 2 is 2.00 bits per heavy atom. The van der Waals surface area contributed by atoms with Crippen LogP contribution in [0, 0.1) is 0 Å². The van der Waals surface area contributed by atoms with Gasteiger partial charge in [-0.2, -0.15) is 4.31 Å². The van der Waals surface area contributed by atoms with Crippen molar-refractivity contribution in [3.05, 3.63) is 17.0 Å². The molecule has 1 saturated heterocycles. The number of halogens is 1. The Balaban J connectivity index is 0.00000200. The lowest BCUT2D eigenvalue weighted by Crippen LogP contribution is -2.51. The summed E-state index contributed by atoms with van der Waals surface area (Å²) >= 11 is 1.39. The van der Waals surface area contributed by atoms with E-state index in [0.717, 1.165) is 11.4 Å². The van der Waals surface area contributed by atoms with Crippen molar-refractivity contribution in [3.8, 4) is 0 Å². The minimum absolute atomic E-state index is 0. The zero-order valence-electron chi connectivity index (χ0n) is 12.3. The van der Waals surface area contributed by atoms with Crippen molar-refractivity contribution in [1.29, 1.82) is 0 Å². The molecule has 0 saturated carbocycles. The van der Waals surface area contributed by atoms with E-state index in [1.807, 2.05) is 13.0 Å². The minimum atomic E-state index is -3.32. The molecule has 0 aromatic carbocycles. The van der Waals surface area contributed by atoms with E-state index in [4.69, 9.17) is 0 Å². The van der Waals surface area contributed by atoms with E-state index >= 15 is 0 Å². The first-order valence-corrected chi connectivity index (χ1v) is 8.81. The minimum Gasteiger partial charge on any atom is -0.312 e. The first-order valence-electron chi connectivity index (χ1n) is 6.55. The highest BCUT2D eigenvalue weighted by atomic mass is 35.5. The van der Waals surface area contributed by atoms with Gasteiger partial charge in [-0.3, -0.25) is 0 Å². The maximum Gasteiger partial charge on any atom is 0.252 e. The summed E-state index contributed by atoms with van der Waals surface area (Å²) in [5.74, 6) is 0. The smallest absolute Gasteiger partial charge is 0.252 e. The largest absolute Gasteiger partial charge is 0.312 e. The zero-order chi connectivity index (χ0) is 14.3. The molecule has 0 bridgehead atoms. The molecule has 1 aliphatic heterocycles. The third-order valence-corrected chi connectivity index (χ3v) is 7.09. The standard InChI is InChI=1S/C13H22N2O2S2.ClH/c1-10-9-15(8-7-14-10)19(16,17)12-6-5-11(18-12)13(2,3)4;/h5-6,10,14H,7-9H2,1-4H3;1H. The SMILES string of the molecule is CC1CN(S(=O)(=O)c2ccc(C(C)(C)C)s2)CCN1.Cl. The fourth-order valence-electron chi connectivity index (χ4n) is 2.10. The van der Waals surface area contributed by atoms with Crippen LogP contribution in [0.25, 0.3) is 0 Å². The van der Waals surface area contributed by atoms with E-state index in [-0.39, 0.29) is 23.9 Å². The van der Waals surface area contributed by atoms with E-state index in [1.165, 1.54) is 11.3 Å². The molecule has 1 atom stereocenters. The average molecular weight is 339 g/mol. The van der Waals surface area contributed by atoms with Crippen molar-refractivity contribution < 1.29 is 8.42 Å². The number of thiophene rings is 1. The summed E-state index contributed by atoms with van der Waals surface area (Å²) in [6.07, 6.45) is 0. The molecule has 7 heteroatoms. The van der Waals surface area contributed by atoms with Gasteiger partial charge >= 0.3 is 0 Å². The van der Waals surface area contributed by atoms with Crippen LogP contribution in [0.4, 0.5) is 0 Å². The number of nitrogens with one attached hydrogen (secondary N) is 1. The highest BCUT2D eigenvalue weighted by Gasteiger charge is 2.30. The molecule has 2 heterocycles. The highest BCUT2D eigenvalue weighted by Crippen LogP contribution is 2.33. The van der Waals surface area contributed by atoms with Gasteiger partial charge in [0.15, 0.2) is 0 Å². The summed E-state index contributed by atoms with van der Waals surface area (Å²) in [5, 5.41) is 3.26. The lowest BCUT2D eigenvalue weighted by atomic mass is 9.95. The Labute approximate surface area is 132 Å². The summed E-state index contributed by atoms with van der Waals surface area (Å²) in [6, 6.07) is 3.89. The van der Waals surface area contributed by atoms with Crippen LogP contribution in [0.15, 0.2) is 16.3 Å². The van der Waals surface area contributed by atoms with Gasteiger partial charge in [-0.25, -0.2) is 8.42 Å². The number of hydrogen-bond donors (Lipinski definition) is 1. The van der Waals surface area contributed by atoms with Gasteiger partial charge in [-0.1, -0.05) is 20.8 Å². The predicted octanol–water partition coefficient (Wildman–Crippen LogP) is 2.45. The monoisotopic (exact) mass is 338 g/mol. The zero-order valence-corrected chi connectivity index (χ0v) is 14.8. The lowest BCUT2D eigenvalue weighted by molar-refractivity contribution is 0.311. The molecule has 1 fully saturated rings. The molecule has 1 N–H and O–H groups in total. The molecule has 20 heavy (non-hydrogen) atoms. The molecular weight excluding hydrogens is 316 g/mol. The molecule has 0 spiro atoms. The van der Waals surface area contributed by atoms with Crippen molar-refractivity contribution in [3.63, 3.8) is 0 Å². The Bertz CT molecular complexity index is 549. The Kier molecular flexibility index (Phi) is 5.66. The van der Waals surface area contributed by atoms with Crippen LogP contribution in [0.1, 0.15) is 32.6 Å². The lowest BCUT2D eigenvalue weighted by Gasteiger charge is -2.30. The highest BCUT2D eigenvalue weighted by molar-refractivity contribution is 7.91. The third kappa shape index (κ3) is 3.74. The maximum absolute atomic E-state index is 12.6. The first-order chi connectivity index (χ1) is 8.71. The van der Waals surface area contributed by atoms with Crippen LogP contribution in [0.2, 0.25) is 0 Å². The van der Waals surface area contributed by atoms with Gasteiger partial charge in [0.1, 0.15) is 4.21 Å². The van der Waals surface area contributed by atoms with Crippen LogP contribution in [0.3, 0.4) is 0 Å². The Morgan fingerprint density at radius 1 is 1.35 bits per heavy atom. The van der Waals surface area contributed by atoms with E-state index in [2.05, 4.69) is 26.1 Å². The summed E-state index contributed by atoms with van der Waals surface area (Å²) in [7, 11) is -3.32. The van der Waals surface area contributed by atoms with Crippen LogP contribution < -0.4 is 5.32 Å². The fourth-order valence-corrected chi connectivity index (χ4v) is 5.15. The molecule has 2 rings (SSSR count). The molecule has 116 valence electrons. The van der Waals surface area contributed by atoms with E-state index in [1.54, 1.807) is 10.4 Å². The first kappa shape index (κ1) is 17.9. The van der Waals surface area contributed by atoms with Crippen LogP contribution in [0.5, 0.6) is 0 Å². The molecule has 1 unspecified atom stereocenters. The maximum atomic E-state index is 12.6. The average Bonchev–Trinajstić information content (AvgIpc) is 2.78. The molecule has 0 amide bonds. The van der Waals surface area contributed by atoms with Crippen molar-refractivity contribution in [2.24, 2.45) is 0 Å². The second-order valence-electron chi connectivity index (χ2n) is 6.09. The van der Waals surface area contributed by atoms with Crippen LogP contribution in [-0.2, 0) is 15.4 Å². The molecule has 1 aromatic heterocycles. The second-order valence-corrected chi connectivity index (χ2v) is 9.34. The molecular formula is C13H23ClN2O2S2. The second kappa shape index (κ2) is 6.32. The molecule has 1 aliphatic rings. The quantitative estimate of drug-likeness (QED) is 0.901. The number of hydrogen-bond acceptors (Lipinski definition) is 4. The van der Waals surface area contributed by atoms with Crippen molar-refractivity contribution in [2.45, 2.75) is 43.4 Å². The van der Waals surface area contributed by atoms with Gasteiger partial charge in [-0.15, -0.1) is 23.7 Å². The van der Waals surface area contributed by atoms with Crippen molar-refractivity contribution in [2.75, 3.05) is 19.6 Å². The van der Waals surface area contributed by atoms with Crippen molar-refractivity contribution in [1.82, 2.24) is 9.62 Å². The topological polar surface area (TPSA) is 49.4 Å². The van der Waals surface area contributed by atoms with Gasteiger partial charge in [-0.05, 0) is 24.5 Å². The summed E-state index contributed by atoms with van der Waals surface area (Å²) in [6.45, 7) is 10.1. The molecule has 1 aromatic rings. The van der Waals surface area contributed by atoms with Gasteiger partial charge in [0.05, 0.1) is 0 Å². The third-order valence-electron chi connectivity index (χ3n) is 3.25. The van der Waals surface area contributed by atoms with Gasteiger partial charge < -0.3 is 5.32 Å². The number of piperazine rings is 1. The summed E-state index contributed by atoms with van der Waals surface area (Å²) in [5.41, 5.74) is -0.00478. The number of sulfonamides is 1. The van der Waals surface area contributed by atoms with E-state index in [0.29, 0.717) is 17.3 Å². The number of nitrogens with zero attached hydrogens (tertiary/aromatic N) is 1. The Morgan fingerprint density at radius 3 is 2.50 bits per heavy atom. The summed E-state index contributed by atoms with van der Waals surface area (Å²) < 4.78 is 27.2. The van der Waals surface area contributed by atoms with Crippen LogP contribution in [-0.4, -0.2) is 38.4 Å². The van der Waals surface area contributed by atoms with Crippen LogP contribution >= 0.6 is 23.7 Å². The van der Waals surface area contributed by atoms with E-state index < -0.39 is 10.0 Å². The van der Waals surface area contributed by atoms with Gasteiger partial charge in [0, 0.05) is 30.6 Å². The molecule has 0 aliphatic carbocycles. The van der Waals surface area contributed by atoms with Crippen molar-refractivity contribution >= 4 is 33.8 Å². The van der Waals surface area contributed by atoms with Gasteiger partial charge in [0.25, 0.3) is 10.0 Å². The summed E-state index contributed by atoms with van der Waals surface area (Å²) in [4.78, 5) is 1.11.